The van der Waals surface area contributed by atoms with E-state index in [-0.39, 0.29) is 6.04 Å². The Kier molecular flexibility index (Phi) is 4.22. The first-order valence-corrected chi connectivity index (χ1v) is 12.6. The molecule has 168 valence electrons. The molecule has 1 aromatic carbocycles. The molecule has 10 heteroatoms. The number of sulfone groups is 1. The zero-order valence-electron chi connectivity index (χ0n) is 17.9. The number of ether oxygens (including phenoxy) is 3. The number of rotatable bonds is 4. The second-order valence-electron chi connectivity index (χ2n) is 8.66. The van der Waals surface area contributed by atoms with Gasteiger partial charge in [-0.1, -0.05) is 0 Å². The molecule has 32 heavy (non-hydrogen) atoms. The fourth-order valence-corrected chi connectivity index (χ4v) is 6.12. The maximum atomic E-state index is 12.8. The summed E-state index contributed by atoms with van der Waals surface area (Å²) in [5.74, 6) is 2.27. The number of fused-ring (bicyclic) bond motifs is 4. The van der Waals surface area contributed by atoms with E-state index in [4.69, 9.17) is 24.2 Å². The Morgan fingerprint density at radius 3 is 2.84 bits per heavy atom. The van der Waals surface area contributed by atoms with Crippen LogP contribution in [0.4, 0.5) is 5.82 Å². The van der Waals surface area contributed by atoms with Gasteiger partial charge in [0.1, 0.15) is 22.8 Å². The van der Waals surface area contributed by atoms with Crippen molar-refractivity contribution in [2.45, 2.75) is 23.6 Å². The molecule has 3 aliphatic rings. The first-order chi connectivity index (χ1) is 15.4. The van der Waals surface area contributed by atoms with Gasteiger partial charge in [-0.05, 0) is 25.0 Å². The van der Waals surface area contributed by atoms with Crippen LogP contribution in [0.3, 0.4) is 0 Å². The van der Waals surface area contributed by atoms with Gasteiger partial charge in [-0.3, -0.25) is 0 Å². The molecule has 0 amide bonds. The quantitative estimate of drug-likeness (QED) is 0.637. The molecule has 1 saturated carbocycles. The fraction of sp³-hybridized carbons (Fsp3) is 0.455. The van der Waals surface area contributed by atoms with Crippen LogP contribution < -0.4 is 14.4 Å². The fourth-order valence-electron chi connectivity index (χ4n) is 4.79. The number of hydrogen-bond acceptors (Lipinski definition) is 8. The number of aromatic amines is 1. The van der Waals surface area contributed by atoms with Gasteiger partial charge in [0, 0.05) is 41.5 Å². The molecule has 1 unspecified atom stereocenters. The van der Waals surface area contributed by atoms with Gasteiger partial charge in [0.15, 0.2) is 27.2 Å². The topological polar surface area (TPSA) is 107 Å². The van der Waals surface area contributed by atoms with Crippen molar-refractivity contribution in [2.75, 3.05) is 44.6 Å². The first kappa shape index (κ1) is 19.8. The van der Waals surface area contributed by atoms with Crippen molar-refractivity contribution < 1.29 is 22.6 Å². The number of anilines is 1. The van der Waals surface area contributed by atoms with Crippen molar-refractivity contribution in [3.8, 4) is 22.9 Å². The highest BCUT2D eigenvalue weighted by molar-refractivity contribution is 7.92. The summed E-state index contributed by atoms with van der Waals surface area (Å²) < 4.78 is 41.9. The second kappa shape index (κ2) is 6.82. The molecular formula is C22H24N4O5S. The summed E-state index contributed by atoms with van der Waals surface area (Å²) >= 11 is 0. The molecule has 1 saturated heterocycles. The highest BCUT2D eigenvalue weighted by Crippen LogP contribution is 2.56. The minimum Gasteiger partial charge on any atom is -0.497 e. The lowest BCUT2D eigenvalue weighted by Gasteiger charge is -2.41. The number of aromatic nitrogens is 3. The molecule has 1 atom stereocenters. The van der Waals surface area contributed by atoms with Gasteiger partial charge in [-0.25, -0.2) is 18.4 Å². The lowest BCUT2D eigenvalue weighted by Crippen LogP contribution is -2.52. The normalized spacial score (nSPS) is 21.6. The SMILES string of the molecule is COc1cc(-c2nc3c(c(C4(S(C)(=O)=O)CC4)n2)OCC2COCCN32)c2cc[nH]c2c1. The van der Waals surface area contributed by atoms with Crippen LogP contribution in [0.5, 0.6) is 11.5 Å². The Balaban J connectivity index is 1.63. The summed E-state index contributed by atoms with van der Waals surface area (Å²) in [6, 6.07) is 5.81. The molecule has 2 aliphatic heterocycles. The number of benzene rings is 1. The van der Waals surface area contributed by atoms with E-state index in [0.717, 1.165) is 16.5 Å². The van der Waals surface area contributed by atoms with E-state index in [0.29, 0.717) is 68.0 Å². The maximum Gasteiger partial charge on any atom is 0.185 e. The van der Waals surface area contributed by atoms with Crippen LogP contribution in [-0.4, -0.2) is 69.1 Å². The highest BCUT2D eigenvalue weighted by Gasteiger charge is 2.58. The zero-order chi connectivity index (χ0) is 22.1. The monoisotopic (exact) mass is 456 g/mol. The van der Waals surface area contributed by atoms with Gasteiger partial charge < -0.3 is 24.1 Å². The number of nitrogens with zero attached hydrogens (tertiary/aromatic N) is 3. The van der Waals surface area contributed by atoms with Gasteiger partial charge >= 0.3 is 0 Å². The Labute approximate surface area is 185 Å². The number of nitrogens with one attached hydrogen (secondary N) is 1. The van der Waals surface area contributed by atoms with E-state index in [9.17, 15) is 8.42 Å². The third-order valence-corrected chi connectivity index (χ3v) is 8.75. The Morgan fingerprint density at radius 1 is 1.25 bits per heavy atom. The summed E-state index contributed by atoms with van der Waals surface area (Å²) in [6.07, 6.45) is 4.20. The van der Waals surface area contributed by atoms with E-state index in [1.54, 1.807) is 7.11 Å². The Morgan fingerprint density at radius 2 is 2.09 bits per heavy atom. The van der Waals surface area contributed by atoms with Crippen LogP contribution in [0.1, 0.15) is 18.5 Å². The number of H-pyrrole nitrogens is 1. The van der Waals surface area contributed by atoms with Crippen LogP contribution in [0.2, 0.25) is 0 Å². The van der Waals surface area contributed by atoms with Gasteiger partial charge in [-0.2, -0.15) is 0 Å². The molecule has 0 radical (unpaired) electrons. The summed E-state index contributed by atoms with van der Waals surface area (Å²) in [6.45, 7) is 2.22. The summed E-state index contributed by atoms with van der Waals surface area (Å²) in [5.41, 5.74) is 2.15. The molecule has 6 rings (SSSR count). The molecule has 3 aromatic rings. The molecule has 1 N–H and O–H groups in total. The summed E-state index contributed by atoms with van der Waals surface area (Å²) in [5, 5.41) is 0.941. The maximum absolute atomic E-state index is 12.8. The van der Waals surface area contributed by atoms with Gasteiger partial charge in [0.25, 0.3) is 0 Å². The predicted molar refractivity (Wildman–Crippen MR) is 119 cm³/mol. The number of hydrogen-bond donors (Lipinski definition) is 1. The Hall–Kier alpha value is -2.85. The molecule has 0 spiro atoms. The summed E-state index contributed by atoms with van der Waals surface area (Å²) in [4.78, 5) is 15.2. The van der Waals surface area contributed by atoms with Crippen molar-refractivity contribution in [3.63, 3.8) is 0 Å². The molecule has 2 fully saturated rings. The van der Waals surface area contributed by atoms with Crippen molar-refractivity contribution in [1.29, 1.82) is 0 Å². The lowest BCUT2D eigenvalue weighted by molar-refractivity contribution is 0.0692. The van der Waals surface area contributed by atoms with Crippen molar-refractivity contribution >= 4 is 26.6 Å². The predicted octanol–water partition coefficient (Wildman–Crippen LogP) is 2.26. The molecule has 4 heterocycles. The van der Waals surface area contributed by atoms with Crippen molar-refractivity contribution in [3.05, 3.63) is 30.1 Å². The molecule has 9 nitrogen and oxygen atoms in total. The first-order valence-electron chi connectivity index (χ1n) is 10.7. The van der Waals surface area contributed by atoms with Crippen LogP contribution in [-0.2, 0) is 19.3 Å². The van der Waals surface area contributed by atoms with E-state index in [2.05, 4.69) is 9.88 Å². The molecule has 2 aromatic heterocycles. The lowest BCUT2D eigenvalue weighted by atomic mass is 10.1. The molecular weight excluding hydrogens is 432 g/mol. The third-order valence-electron chi connectivity index (χ3n) is 6.73. The smallest absolute Gasteiger partial charge is 0.185 e. The highest BCUT2D eigenvalue weighted by atomic mass is 32.2. The summed E-state index contributed by atoms with van der Waals surface area (Å²) in [7, 11) is -1.78. The number of morpholine rings is 1. The van der Waals surface area contributed by atoms with Crippen LogP contribution in [0, 0.1) is 0 Å². The molecule has 1 aliphatic carbocycles. The van der Waals surface area contributed by atoms with Crippen LogP contribution >= 0.6 is 0 Å². The van der Waals surface area contributed by atoms with Crippen LogP contribution in [0.15, 0.2) is 24.4 Å². The Bertz CT molecular complexity index is 1330. The standard InChI is InChI=1S/C22H24N4O5S/c1-29-14-9-16(15-3-6-23-17(15)10-14)20-24-19(22(4-5-22)32(2,27)28)18-21(25-20)26-7-8-30-11-13(26)12-31-18/h3,6,9-10,13,23H,4-5,7-8,11-12H2,1-2H3. The average molecular weight is 457 g/mol. The zero-order valence-corrected chi connectivity index (χ0v) is 18.7. The minimum absolute atomic E-state index is 0.0397. The molecule has 0 bridgehead atoms. The van der Waals surface area contributed by atoms with Crippen molar-refractivity contribution in [1.82, 2.24) is 15.0 Å². The second-order valence-corrected chi connectivity index (χ2v) is 11.0. The van der Waals surface area contributed by atoms with E-state index >= 15 is 0 Å². The van der Waals surface area contributed by atoms with Gasteiger partial charge in [-0.15, -0.1) is 0 Å². The average Bonchev–Trinajstić information content (AvgIpc) is 3.49. The largest absolute Gasteiger partial charge is 0.497 e. The van der Waals surface area contributed by atoms with E-state index in [1.165, 1.54) is 6.26 Å². The minimum atomic E-state index is -3.39. The van der Waals surface area contributed by atoms with Gasteiger partial charge in [0.05, 0.1) is 26.4 Å². The van der Waals surface area contributed by atoms with Gasteiger partial charge in [0.2, 0.25) is 0 Å². The van der Waals surface area contributed by atoms with Crippen molar-refractivity contribution in [2.24, 2.45) is 0 Å². The van der Waals surface area contributed by atoms with E-state index in [1.807, 2.05) is 24.4 Å². The third kappa shape index (κ3) is 2.82. The van der Waals surface area contributed by atoms with Crippen LogP contribution in [0.25, 0.3) is 22.3 Å². The number of methoxy groups -OCH3 is 1. The van der Waals surface area contributed by atoms with E-state index < -0.39 is 14.6 Å².